The van der Waals surface area contributed by atoms with Gasteiger partial charge in [0.05, 0.1) is 6.61 Å². The van der Waals surface area contributed by atoms with Crippen molar-refractivity contribution in [3.63, 3.8) is 0 Å². The monoisotopic (exact) mass is 287 g/mol. The van der Waals surface area contributed by atoms with Crippen molar-refractivity contribution in [2.75, 3.05) is 19.7 Å². The molecule has 21 heavy (non-hydrogen) atoms. The predicted molar refractivity (Wildman–Crippen MR) is 81.1 cm³/mol. The van der Waals surface area contributed by atoms with Gasteiger partial charge in [-0.05, 0) is 24.5 Å². The average molecular weight is 287 g/mol. The first-order chi connectivity index (χ1) is 10.2. The van der Waals surface area contributed by atoms with E-state index in [9.17, 15) is 4.79 Å². The Morgan fingerprint density at radius 2 is 2.05 bits per heavy atom. The molecule has 5 heteroatoms. The Morgan fingerprint density at radius 1 is 1.29 bits per heavy atom. The predicted octanol–water partition coefficient (Wildman–Crippen LogP) is 1.65. The summed E-state index contributed by atoms with van der Waals surface area (Å²) in [4.78, 5) is 14.1. The van der Waals surface area contributed by atoms with Crippen LogP contribution < -0.4 is 0 Å². The molecule has 0 radical (unpaired) electrons. The first-order valence-electron chi connectivity index (χ1n) is 7.23. The third kappa shape index (κ3) is 4.16. The lowest BCUT2D eigenvalue weighted by Gasteiger charge is -2.20. The van der Waals surface area contributed by atoms with Gasteiger partial charge < -0.3 is 10.0 Å². The highest BCUT2D eigenvalue weighted by atomic mass is 16.3. The van der Waals surface area contributed by atoms with Gasteiger partial charge >= 0.3 is 0 Å². The number of aryl methyl sites for hydroxylation is 1. The summed E-state index contributed by atoms with van der Waals surface area (Å²) in [7, 11) is 0. The summed E-state index contributed by atoms with van der Waals surface area (Å²) in [6, 6.07) is 11.8. The third-order valence-electron chi connectivity index (χ3n) is 3.40. The van der Waals surface area contributed by atoms with Crippen molar-refractivity contribution in [1.29, 1.82) is 0 Å². The van der Waals surface area contributed by atoms with Crippen LogP contribution in [0.2, 0.25) is 0 Å². The molecule has 1 aromatic heterocycles. The van der Waals surface area contributed by atoms with Crippen LogP contribution in [0.5, 0.6) is 0 Å². The Balaban J connectivity index is 2.02. The lowest BCUT2D eigenvalue weighted by Crippen LogP contribution is -2.35. The maximum atomic E-state index is 12.4. The van der Waals surface area contributed by atoms with Gasteiger partial charge in [-0.2, -0.15) is 5.10 Å². The van der Waals surface area contributed by atoms with Crippen molar-refractivity contribution in [3.8, 4) is 0 Å². The van der Waals surface area contributed by atoms with Gasteiger partial charge in [-0.15, -0.1) is 0 Å². The summed E-state index contributed by atoms with van der Waals surface area (Å²) < 4.78 is 0. The maximum Gasteiger partial charge on any atom is 0.274 e. The quantitative estimate of drug-likeness (QED) is 0.813. The maximum absolute atomic E-state index is 12.4. The number of hydrogen-bond acceptors (Lipinski definition) is 3. The number of aliphatic hydroxyl groups excluding tert-OH is 1. The van der Waals surface area contributed by atoms with Crippen molar-refractivity contribution >= 4 is 5.91 Å². The number of carbonyl (C=O) groups excluding carboxylic acids is 1. The molecule has 0 saturated carbocycles. The van der Waals surface area contributed by atoms with Crippen molar-refractivity contribution in [3.05, 3.63) is 53.3 Å². The molecule has 0 spiro atoms. The molecule has 1 aromatic carbocycles. The van der Waals surface area contributed by atoms with Gasteiger partial charge in [0, 0.05) is 18.8 Å². The fourth-order valence-electron chi connectivity index (χ4n) is 2.16. The molecule has 1 amide bonds. The summed E-state index contributed by atoms with van der Waals surface area (Å²) in [5.74, 6) is -0.143. The van der Waals surface area contributed by atoms with E-state index >= 15 is 0 Å². The highest BCUT2D eigenvalue weighted by Gasteiger charge is 2.18. The molecule has 0 atom stereocenters. The van der Waals surface area contributed by atoms with E-state index in [0.29, 0.717) is 18.8 Å². The van der Waals surface area contributed by atoms with Crippen molar-refractivity contribution < 1.29 is 9.90 Å². The number of aromatic nitrogens is 2. The molecule has 0 aliphatic rings. The lowest BCUT2D eigenvalue weighted by molar-refractivity contribution is 0.0718. The van der Waals surface area contributed by atoms with E-state index in [-0.39, 0.29) is 12.5 Å². The van der Waals surface area contributed by atoms with Gasteiger partial charge in [0.25, 0.3) is 5.91 Å². The van der Waals surface area contributed by atoms with Crippen LogP contribution in [0.25, 0.3) is 0 Å². The highest BCUT2D eigenvalue weighted by molar-refractivity contribution is 5.92. The zero-order valence-corrected chi connectivity index (χ0v) is 12.2. The van der Waals surface area contributed by atoms with E-state index in [4.69, 9.17) is 5.11 Å². The summed E-state index contributed by atoms with van der Waals surface area (Å²) in [6.07, 6.45) is 1.57. The van der Waals surface area contributed by atoms with E-state index in [1.165, 1.54) is 5.56 Å². The number of amides is 1. The summed E-state index contributed by atoms with van der Waals surface area (Å²) in [5, 5.41) is 16.1. The zero-order chi connectivity index (χ0) is 15.1. The zero-order valence-electron chi connectivity index (χ0n) is 12.2. The van der Waals surface area contributed by atoms with Crippen LogP contribution in [-0.4, -0.2) is 45.8 Å². The minimum Gasteiger partial charge on any atom is -0.395 e. The van der Waals surface area contributed by atoms with Crippen molar-refractivity contribution in [1.82, 2.24) is 15.1 Å². The molecule has 0 unspecified atom stereocenters. The summed E-state index contributed by atoms with van der Waals surface area (Å²) in [6.45, 7) is 2.84. The van der Waals surface area contributed by atoms with Crippen LogP contribution in [-0.2, 0) is 12.8 Å². The molecule has 0 aliphatic heterocycles. The Labute approximate surface area is 124 Å². The number of H-pyrrole nitrogens is 1. The van der Waals surface area contributed by atoms with Crippen molar-refractivity contribution in [2.24, 2.45) is 0 Å². The molecule has 0 bridgehead atoms. The summed E-state index contributed by atoms with van der Waals surface area (Å²) >= 11 is 0. The Kier molecular flexibility index (Phi) is 5.51. The Hall–Kier alpha value is -2.14. The van der Waals surface area contributed by atoms with Crippen LogP contribution in [0.1, 0.15) is 28.7 Å². The molecule has 0 saturated heterocycles. The van der Waals surface area contributed by atoms with Gasteiger partial charge in [-0.3, -0.25) is 9.89 Å². The van der Waals surface area contributed by atoms with E-state index in [1.807, 2.05) is 37.3 Å². The molecular weight excluding hydrogens is 266 g/mol. The van der Waals surface area contributed by atoms with Gasteiger partial charge in [0.1, 0.15) is 5.69 Å². The Morgan fingerprint density at radius 3 is 2.67 bits per heavy atom. The van der Waals surface area contributed by atoms with E-state index in [0.717, 1.165) is 18.5 Å². The first kappa shape index (κ1) is 15.3. The van der Waals surface area contributed by atoms with E-state index < -0.39 is 0 Å². The number of nitrogens with one attached hydrogen (secondary N) is 1. The Bertz CT molecular complexity index is 566. The number of aromatic amines is 1. The molecule has 2 N–H and O–H groups in total. The van der Waals surface area contributed by atoms with Gasteiger partial charge in [-0.25, -0.2) is 0 Å². The fraction of sp³-hybridized carbons (Fsp3) is 0.375. The minimum atomic E-state index is -0.143. The molecule has 5 nitrogen and oxygen atoms in total. The number of nitrogens with zero attached hydrogens (tertiary/aromatic N) is 2. The molecule has 0 aliphatic carbocycles. The minimum absolute atomic E-state index is 0.0500. The standard InChI is InChI=1S/C16H21N3O2/c1-2-14-12-15(18-17-14)16(21)19(10-11-20)9-8-13-6-4-3-5-7-13/h3-7,12,20H,2,8-11H2,1H3,(H,17,18). The lowest BCUT2D eigenvalue weighted by atomic mass is 10.1. The number of hydrogen-bond donors (Lipinski definition) is 2. The molecule has 2 aromatic rings. The molecular formula is C16H21N3O2. The number of carbonyl (C=O) groups is 1. The van der Waals surface area contributed by atoms with E-state index in [2.05, 4.69) is 10.2 Å². The normalized spacial score (nSPS) is 10.6. The van der Waals surface area contributed by atoms with Gasteiger partial charge in [0.2, 0.25) is 0 Å². The molecule has 2 rings (SSSR count). The average Bonchev–Trinajstić information content (AvgIpc) is 3.01. The smallest absolute Gasteiger partial charge is 0.274 e. The molecule has 0 fully saturated rings. The number of aliphatic hydroxyl groups is 1. The number of benzene rings is 1. The van der Waals surface area contributed by atoms with Gasteiger partial charge in [0.15, 0.2) is 0 Å². The number of rotatable bonds is 7. The van der Waals surface area contributed by atoms with Crippen LogP contribution in [0, 0.1) is 0 Å². The second-order valence-corrected chi connectivity index (χ2v) is 4.88. The van der Waals surface area contributed by atoms with E-state index in [1.54, 1.807) is 11.0 Å². The highest BCUT2D eigenvalue weighted by Crippen LogP contribution is 2.07. The van der Waals surface area contributed by atoms with Crippen LogP contribution in [0.15, 0.2) is 36.4 Å². The second-order valence-electron chi connectivity index (χ2n) is 4.88. The summed E-state index contributed by atoms with van der Waals surface area (Å²) in [5.41, 5.74) is 2.52. The van der Waals surface area contributed by atoms with Crippen molar-refractivity contribution in [2.45, 2.75) is 19.8 Å². The van der Waals surface area contributed by atoms with Crippen LogP contribution >= 0.6 is 0 Å². The second kappa shape index (κ2) is 7.59. The SMILES string of the molecule is CCc1cc(C(=O)N(CCO)CCc2ccccc2)n[nH]1. The van der Waals surface area contributed by atoms with Crippen LogP contribution in [0.4, 0.5) is 0 Å². The largest absolute Gasteiger partial charge is 0.395 e. The fourth-order valence-corrected chi connectivity index (χ4v) is 2.16. The first-order valence-corrected chi connectivity index (χ1v) is 7.23. The van der Waals surface area contributed by atoms with Gasteiger partial charge in [-0.1, -0.05) is 37.3 Å². The molecule has 1 heterocycles. The van der Waals surface area contributed by atoms with Crippen LogP contribution in [0.3, 0.4) is 0 Å². The molecule has 112 valence electrons. The topological polar surface area (TPSA) is 69.2 Å². The third-order valence-corrected chi connectivity index (χ3v) is 3.40.